The van der Waals surface area contributed by atoms with E-state index in [1.165, 1.54) is 110 Å². The molecular weight excluding hydrogens is 1880 g/mol. The quantitative estimate of drug-likeness (QED) is 0.130. The minimum atomic E-state index is 0. The Hall–Kier alpha value is -8.36. The van der Waals surface area contributed by atoms with Crippen LogP contribution in [0.4, 0.5) is 0 Å². The predicted molar refractivity (Wildman–Crippen MR) is 379 cm³/mol. The maximum absolute atomic E-state index is 4.60. The number of hydrogen-bond donors (Lipinski definition) is 0. The number of aryl methyl sites for hydroxylation is 1. The number of aromatic nitrogens is 8. The summed E-state index contributed by atoms with van der Waals surface area (Å²) in [4.78, 5) is 18.1. The van der Waals surface area contributed by atoms with Crippen molar-refractivity contribution in [3.8, 4) is 22.3 Å². The topological polar surface area (TPSA) is 69.2 Å². The summed E-state index contributed by atoms with van der Waals surface area (Å²) in [6.45, 7) is 17.8. The van der Waals surface area contributed by atoms with Crippen LogP contribution in [0.2, 0.25) is 0 Å². The molecule has 0 unspecified atom stereocenters. The number of benzene rings is 10. The van der Waals surface area contributed by atoms with Gasteiger partial charge in [-0.25, -0.2) is 0 Å². The Morgan fingerprint density at radius 1 is 0.347 bits per heavy atom. The average Bonchev–Trinajstić information content (AvgIpc) is 1.75. The fourth-order valence-electron chi connectivity index (χ4n) is 13.1. The van der Waals surface area contributed by atoms with Crippen molar-refractivity contribution in [3.05, 3.63) is 290 Å². The maximum atomic E-state index is 4.60. The van der Waals surface area contributed by atoms with Crippen LogP contribution in [0.25, 0.3) is 132 Å². The van der Waals surface area contributed by atoms with Gasteiger partial charge in [-0.1, -0.05) is 179 Å². The van der Waals surface area contributed by atoms with E-state index in [1.54, 1.807) is 0 Å². The molecule has 0 aliphatic carbocycles. The third kappa shape index (κ3) is 12.5. The van der Waals surface area contributed by atoms with E-state index in [1.807, 2.05) is 98.1 Å². The number of nitrogens with zero attached hydrogens (tertiary/aromatic N) is 8. The number of pyridine rings is 4. The molecule has 0 amide bonds. The van der Waals surface area contributed by atoms with Gasteiger partial charge in [0.15, 0.2) is 0 Å². The molecule has 4 radical (unpaired) electrons. The van der Waals surface area contributed by atoms with Crippen molar-refractivity contribution in [3.63, 3.8) is 0 Å². The van der Waals surface area contributed by atoms with Gasteiger partial charge < -0.3 is 17.6 Å². The van der Waals surface area contributed by atoms with Gasteiger partial charge in [-0.05, 0) is 97.3 Å². The summed E-state index contributed by atoms with van der Waals surface area (Å²) in [5, 5.41) is 14.1. The molecule has 0 aliphatic heterocycles. The van der Waals surface area contributed by atoms with Crippen LogP contribution in [0.15, 0.2) is 244 Å². The van der Waals surface area contributed by atoms with Crippen molar-refractivity contribution in [1.29, 1.82) is 0 Å². The normalized spacial score (nSPS) is 11.4. The summed E-state index contributed by atoms with van der Waals surface area (Å²) < 4.78 is 8.63. The van der Waals surface area contributed by atoms with E-state index in [0.717, 1.165) is 44.1 Å². The van der Waals surface area contributed by atoms with E-state index >= 15 is 0 Å². The van der Waals surface area contributed by atoms with Crippen LogP contribution in [-0.2, 0) is 85.8 Å². The summed E-state index contributed by atoms with van der Waals surface area (Å²) in [5.41, 5.74) is 19.1. The summed E-state index contributed by atoms with van der Waals surface area (Å²) >= 11 is 0. The van der Waals surface area contributed by atoms with Gasteiger partial charge >= 0.3 is 0 Å². The van der Waals surface area contributed by atoms with Crippen molar-refractivity contribution >= 4 is 109 Å². The molecule has 0 fully saturated rings. The van der Waals surface area contributed by atoms with Gasteiger partial charge in [0, 0.05) is 158 Å². The molecular formula is C83H66Ir4N8-4. The van der Waals surface area contributed by atoms with Crippen molar-refractivity contribution < 1.29 is 80.4 Å². The Balaban J connectivity index is 0.000000128. The molecule has 0 atom stereocenters. The smallest absolute Gasteiger partial charge is 0.0608 e. The van der Waals surface area contributed by atoms with Crippen LogP contribution < -0.4 is 0 Å². The molecule has 0 spiro atoms. The molecule has 8 aromatic heterocycles. The summed E-state index contributed by atoms with van der Waals surface area (Å²) in [6, 6.07) is 82.3. The summed E-state index contributed by atoms with van der Waals surface area (Å²) in [5.74, 6) is 1.09. The molecule has 10 aromatic carbocycles. The van der Waals surface area contributed by atoms with Gasteiger partial charge in [-0.15, -0.1) is 119 Å². The second-order valence-corrected chi connectivity index (χ2v) is 25.3. The van der Waals surface area contributed by atoms with E-state index in [-0.39, 0.29) is 85.8 Å². The molecule has 0 aliphatic rings. The van der Waals surface area contributed by atoms with E-state index in [2.05, 4.69) is 263 Å². The van der Waals surface area contributed by atoms with Crippen molar-refractivity contribution in [1.82, 2.24) is 37.5 Å². The number of imidazole rings is 4. The van der Waals surface area contributed by atoms with Crippen molar-refractivity contribution in [2.24, 2.45) is 0 Å². The average molecular weight is 1940 g/mol. The van der Waals surface area contributed by atoms with Gasteiger partial charge in [-0.2, -0.15) is 0 Å². The number of hydrogen-bond acceptors (Lipinski definition) is 4. The molecule has 0 N–H and O–H groups in total. The Bertz CT molecular complexity index is 5760. The molecule has 0 saturated heterocycles. The summed E-state index contributed by atoms with van der Waals surface area (Å²) in [7, 11) is 0. The first kappa shape index (κ1) is 68.0. The minimum absolute atomic E-state index is 0. The predicted octanol–water partition coefficient (Wildman–Crippen LogP) is 20.9. The first-order valence-corrected chi connectivity index (χ1v) is 31.3. The van der Waals surface area contributed by atoms with Crippen LogP contribution in [0.5, 0.6) is 0 Å². The first-order chi connectivity index (χ1) is 44.4. The standard InChI is InChI=1S/2C24H19N2.C19H17N2.C16H11N2.4Ir/c1-16(2)17-10-12-18(13-11-17)19-8-5-9-21-20-6-3-4-7-22(20)24-25-14-15-26(24)23(19)21;1-16(2)17-7-9-18(10-8-17)19-11-12-23-22(15-19)20-5-3-4-6-21(20)24-25-13-14-26(23)24;1-19(2,3)13-8-9-17-16(12-13)14-6-4-5-7-15(14)18-20-10-11-21(17)18;1-11-6-7-15-14(10-11)12-4-2-3-5-13(12)16-17-8-9-18(15)16;;;;/h3-6,8-16H,1-2H3;3-5,7-16H,1-2H3;4-6,8-12H,1-3H3;2-4,6-10H,1H3;;;;/q4*-1;;;;. The minimum Gasteiger partial charge on any atom is -0.340 e. The second-order valence-electron chi connectivity index (χ2n) is 25.3. The molecule has 18 rings (SSSR count). The monoisotopic (exact) mass is 1950 g/mol. The van der Waals surface area contributed by atoms with Crippen molar-refractivity contribution in [2.75, 3.05) is 0 Å². The van der Waals surface area contributed by atoms with Crippen LogP contribution in [0, 0.1) is 31.2 Å². The first-order valence-electron chi connectivity index (χ1n) is 31.3. The SMILES string of the molecule is CC(C)(C)c1ccc2c(c1)c1ccc[c-]c1c1nccn21.CC(C)c1ccc(-c2ccc3c(c2)c2ccc[c-]c2c2nccn32)cc1.CC(C)c1ccc(-c2cccc3c4ccc[c-]c4c4nccn4c23)cc1.Cc1ccc2c(c1)c1ccc[c-]c1c1nccn21.[Ir].[Ir].[Ir].[Ir]. The summed E-state index contributed by atoms with van der Waals surface area (Å²) in [6.07, 6.45) is 15.5. The Labute approximate surface area is 606 Å². The van der Waals surface area contributed by atoms with Gasteiger partial charge in [0.1, 0.15) is 0 Å². The number of fused-ring (bicyclic) bond motifs is 24. The maximum Gasteiger partial charge on any atom is 0.0608 e. The molecule has 95 heavy (non-hydrogen) atoms. The zero-order valence-electron chi connectivity index (χ0n) is 53.7. The van der Waals surface area contributed by atoms with Gasteiger partial charge in [-0.3, -0.25) is 19.9 Å². The molecule has 0 saturated carbocycles. The Morgan fingerprint density at radius 3 is 1.17 bits per heavy atom. The van der Waals surface area contributed by atoms with E-state index in [0.29, 0.717) is 11.8 Å². The molecule has 18 aromatic rings. The number of rotatable bonds is 4. The van der Waals surface area contributed by atoms with Crippen LogP contribution in [0.1, 0.15) is 82.6 Å². The molecule has 12 heteroatoms. The fourth-order valence-corrected chi connectivity index (χ4v) is 13.1. The molecule has 0 bridgehead atoms. The second kappa shape index (κ2) is 28.1. The van der Waals surface area contributed by atoms with E-state index < -0.39 is 0 Å². The molecule has 8 heterocycles. The van der Waals surface area contributed by atoms with Gasteiger partial charge in [0.2, 0.25) is 0 Å². The zero-order valence-corrected chi connectivity index (χ0v) is 63.2. The molecule has 8 nitrogen and oxygen atoms in total. The fraction of sp³-hybridized carbons (Fsp3) is 0.133. The van der Waals surface area contributed by atoms with Gasteiger partial charge in [0.25, 0.3) is 0 Å². The van der Waals surface area contributed by atoms with Crippen LogP contribution in [0.3, 0.4) is 0 Å². The Kier molecular flexibility index (Phi) is 20.2. The van der Waals surface area contributed by atoms with E-state index in [9.17, 15) is 0 Å². The Morgan fingerprint density at radius 2 is 0.716 bits per heavy atom. The largest absolute Gasteiger partial charge is 0.340 e. The van der Waals surface area contributed by atoms with Crippen molar-refractivity contribution in [2.45, 2.75) is 72.6 Å². The van der Waals surface area contributed by atoms with Crippen LogP contribution in [-0.4, -0.2) is 37.5 Å². The molecule has 478 valence electrons. The third-order valence-corrected chi connectivity index (χ3v) is 17.9. The van der Waals surface area contributed by atoms with Crippen LogP contribution >= 0.6 is 0 Å². The third-order valence-electron chi connectivity index (χ3n) is 17.9. The number of para-hydroxylation sites is 1. The van der Waals surface area contributed by atoms with Gasteiger partial charge in [0.05, 0.1) is 22.6 Å². The van der Waals surface area contributed by atoms with E-state index in [4.69, 9.17) is 0 Å². The zero-order chi connectivity index (χ0) is 62.1.